The maximum Gasteiger partial charge on any atom is 0.282 e. The number of likely N-dealkylation sites (tertiary alicyclic amines) is 1. The quantitative estimate of drug-likeness (QED) is 0.474. The van der Waals surface area contributed by atoms with E-state index in [0.717, 1.165) is 17.0 Å². The standard InChI is InChI=1S/C18H11ClF5N3O/c19-11-5-26(6-15(28)27-7-18(23,24)8-27)14-3-10(4-25-17(11)14)9-1-12(20)16(22)13(21)2-9/h1-5H,6-8H2. The molecule has 1 aromatic carbocycles. The summed E-state index contributed by atoms with van der Waals surface area (Å²) in [5.41, 5.74) is 1.01. The first-order chi connectivity index (χ1) is 13.1. The fraction of sp³-hybridized carbons (Fsp3) is 0.222. The average molecular weight is 416 g/mol. The molecule has 1 amide bonds. The van der Waals surface area contributed by atoms with Crippen molar-refractivity contribution in [2.45, 2.75) is 12.5 Å². The Kier molecular flexibility index (Phi) is 4.29. The van der Waals surface area contributed by atoms with Crippen molar-refractivity contribution in [1.29, 1.82) is 0 Å². The number of nitrogens with zero attached hydrogens (tertiary/aromatic N) is 3. The molecule has 0 saturated carbocycles. The van der Waals surface area contributed by atoms with Gasteiger partial charge in [-0.2, -0.15) is 0 Å². The Bertz CT molecular complexity index is 1080. The molecule has 1 fully saturated rings. The molecule has 146 valence electrons. The fourth-order valence-electron chi connectivity index (χ4n) is 3.07. The molecule has 0 spiro atoms. The summed E-state index contributed by atoms with van der Waals surface area (Å²) < 4.78 is 67.6. The number of alkyl halides is 2. The highest BCUT2D eigenvalue weighted by atomic mass is 35.5. The third kappa shape index (κ3) is 3.19. The Morgan fingerprint density at radius 3 is 2.36 bits per heavy atom. The van der Waals surface area contributed by atoms with Crippen LogP contribution in [-0.4, -0.2) is 39.4 Å². The number of hydrogen-bond donors (Lipinski definition) is 0. The fourth-order valence-corrected chi connectivity index (χ4v) is 3.33. The number of pyridine rings is 1. The molecule has 3 aromatic rings. The molecule has 0 N–H and O–H groups in total. The van der Waals surface area contributed by atoms with E-state index in [9.17, 15) is 26.7 Å². The average Bonchev–Trinajstić information content (AvgIpc) is 2.92. The van der Waals surface area contributed by atoms with E-state index >= 15 is 0 Å². The van der Waals surface area contributed by atoms with Crippen LogP contribution in [-0.2, 0) is 11.3 Å². The topological polar surface area (TPSA) is 38.1 Å². The summed E-state index contributed by atoms with van der Waals surface area (Å²) in [5.74, 6) is -7.68. The Morgan fingerprint density at radius 2 is 1.75 bits per heavy atom. The molecule has 2 aromatic heterocycles. The zero-order valence-electron chi connectivity index (χ0n) is 14.0. The summed E-state index contributed by atoms with van der Waals surface area (Å²) in [6.45, 7) is -1.54. The van der Waals surface area contributed by atoms with Gasteiger partial charge in [0.2, 0.25) is 5.91 Å². The minimum Gasteiger partial charge on any atom is -0.335 e. The van der Waals surface area contributed by atoms with E-state index in [1.165, 1.54) is 23.0 Å². The molecule has 4 nitrogen and oxygen atoms in total. The predicted octanol–water partition coefficient (Wildman–Crippen LogP) is 4.25. The van der Waals surface area contributed by atoms with Crippen LogP contribution in [0.1, 0.15) is 0 Å². The molecule has 0 bridgehead atoms. The molecule has 3 heterocycles. The molecule has 28 heavy (non-hydrogen) atoms. The molecule has 1 aliphatic rings. The van der Waals surface area contributed by atoms with Crippen molar-refractivity contribution < 1.29 is 26.7 Å². The summed E-state index contributed by atoms with van der Waals surface area (Å²) in [6, 6.07) is 3.13. The first kappa shape index (κ1) is 18.7. The second-order valence-electron chi connectivity index (χ2n) is 6.56. The first-order valence-corrected chi connectivity index (χ1v) is 8.47. The number of benzene rings is 1. The molecular weight excluding hydrogens is 405 g/mol. The number of hydrogen-bond acceptors (Lipinski definition) is 2. The molecule has 4 rings (SSSR count). The van der Waals surface area contributed by atoms with Crippen LogP contribution in [0.4, 0.5) is 22.0 Å². The summed E-state index contributed by atoms with van der Waals surface area (Å²) in [7, 11) is 0. The maximum absolute atomic E-state index is 13.5. The lowest BCUT2D eigenvalue weighted by molar-refractivity contribution is -0.166. The van der Waals surface area contributed by atoms with Crippen LogP contribution >= 0.6 is 11.6 Å². The van der Waals surface area contributed by atoms with Crippen LogP contribution in [0.25, 0.3) is 22.2 Å². The third-order valence-electron chi connectivity index (χ3n) is 4.49. The molecule has 0 atom stereocenters. The van der Waals surface area contributed by atoms with E-state index in [0.29, 0.717) is 11.0 Å². The monoisotopic (exact) mass is 415 g/mol. The Labute approximate surface area is 160 Å². The van der Waals surface area contributed by atoms with Crippen molar-refractivity contribution in [2.24, 2.45) is 0 Å². The normalized spacial score (nSPS) is 15.7. The maximum atomic E-state index is 13.5. The largest absolute Gasteiger partial charge is 0.335 e. The number of halogens is 6. The lowest BCUT2D eigenvalue weighted by atomic mass is 10.1. The minimum atomic E-state index is -2.88. The van der Waals surface area contributed by atoms with E-state index < -0.39 is 42.4 Å². The number of rotatable bonds is 3. The number of fused-ring (bicyclic) bond motifs is 1. The van der Waals surface area contributed by atoms with E-state index in [4.69, 9.17) is 11.6 Å². The third-order valence-corrected chi connectivity index (χ3v) is 4.77. The van der Waals surface area contributed by atoms with Gasteiger partial charge < -0.3 is 9.47 Å². The molecule has 0 unspecified atom stereocenters. The zero-order valence-corrected chi connectivity index (χ0v) is 14.8. The summed E-state index contributed by atoms with van der Waals surface area (Å²) in [4.78, 5) is 17.3. The van der Waals surface area contributed by atoms with Gasteiger partial charge in [-0.3, -0.25) is 9.78 Å². The summed E-state index contributed by atoms with van der Waals surface area (Å²) in [5, 5.41) is 0.222. The van der Waals surface area contributed by atoms with Gasteiger partial charge in [0.15, 0.2) is 17.5 Å². The van der Waals surface area contributed by atoms with Crippen LogP contribution < -0.4 is 0 Å². The molecule has 0 radical (unpaired) electrons. The van der Waals surface area contributed by atoms with Crippen LogP contribution in [0, 0.1) is 17.5 Å². The zero-order chi connectivity index (χ0) is 20.2. The number of aromatic nitrogens is 2. The van der Waals surface area contributed by atoms with Gasteiger partial charge in [-0.25, -0.2) is 22.0 Å². The Hall–Kier alpha value is -2.68. The lowest BCUT2D eigenvalue weighted by Crippen LogP contribution is -2.59. The summed E-state index contributed by atoms with van der Waals surface area (Å²) >= 11 is 6.11. The van der Waals surface area contributed by atoms with Gasteiger partial charge in [0, 0.05) is 18.0 Å². The highest BCUT2D eigenvalue weighted by Crippen LogP contribution is 2.31. The van der Waals surface area contributed by atoms with E-state index in [-0.39, 0.29) is 22.7 Å². The number of amides is 1. The van der Waals surface area contributed by atoms with Crippen LogP contribution in [0.2, 0.25) is 5.02 Å². The van der Waals surface area contributed by atoms with Crippen molar-refractivity contribution in [3.63, 3.8) is 0 Å². The first-order valence-electron chi connectivity index (χ1n) is 8.09. The molecule has 1 aliphatic heterocycles. The van der Waals surface area contributed by atoms with Crippen molar-refractivity contribution in [1.82, 2.24) is 14.5 Å². The van der Waals surface area contributed by atoms with Gasteiger partial charge in [-0.05, 0) is 23.8 Å². The van der Waals surface area contributed by atoms with Gasteiger partial charge in [0.05, 0.1) is 23.6 Å². The van der Waals surface area contributed by atoms with Gasteiger partial charge in [0.25, 0.3) is 5.92 Å². The number of carbonyl (C=O) groups is 1. The predicted molar refractivity (Wildman–Crippen MR) is 91.6 cm³/mol. The number of carbonyl (C=O) groups excluding carboxylic acids is 1. The smallest absolute Gasteiger partial charge is 0.282 e. The van der Waals surface area contributed by atoms with Crippen molar-refractivity contribution >= 4 is 28.5 Å². The van der Waals surface area contributed by atoms with Crippen molar-refractivity contribution in [3.05, 3.63) is 53.1 Å². The Morgan fingerprint density at radius 1 is 1.11 bits per heavy atom. The lowest BCUT2D eigenvalue weighted by Gasteiger charge is -2.38. The SMILES string of the molecule is O=C(Cn1cc(Cl)c2ncc(-c3cc(F)c(F)c(F)c3)cc21)N1CC(F)(F)C1. The van der Waals surface area contributed by atoms with Gasteiger partial charge in [0.1, 0.15) is 12.1 Å². The van der Waals surface area contributed by atoms with Crippen LogP contribution in [0.15, 0.2) is 30.6 Å². The van der Waals surface area contributed by atoms with Gasteiger partial charge in [-0.1, -0.05) is 11.6 Å². The molecule has 1 saturated heterocycles. The molecule has 0 aliphatic carbocycles. The second-order valence-corrected chi connectivity index (χ2v) is 6.96. The summed E-state index contributed by atoms with van der Waals surface area (Å²) in [6.07, 6.45) is 2.73. The van der Waals surface area contributed by atoms with Crippen molar-refractivity contribution in [3.8, 4) is 11.1 Å². The van der Waals surface area contributed by atoms with Gasteiger partial charge in [-0.15, -0.1) is 0 Å². The van der Waals surface area contributed by atoms with Crippen molar-refractivity contribution in [2.75, 3.05) is 13.1 Å². The highest BCUT2D eigenvalue weighted by Gasteiger charge is 2.46. The van der Waals surface area contributed by atoms with E-state index in [1.54, 1.807) is 0 Å². The second kappa shape index (κ2) is 6.44. The minimum absolute atomic E-state index is 0.0448. The van der Waals surface area contributed by atoms with E-state index in [1.807, 2.05) is 0 Å². The van der Waals surface area contributed by atoms with Crippen LogP contribution in [0.5, 0.6) is 0 Å². The highest BCUT2D eigenvalue weighted by molar-refractivity contribution is 6.35. The van der Waals surface area contributed by atoms with Gasteiger partial charge >= 0.3 is 0 Å². The van der Waals surface area contributed by atoms with E-state index in [2.05, 4.69) is 4.98 Å². The Balaban J connectivity index is 1.69. The molecule has 10 heteroatoms. The van der Waals surface area contributed by atoms with Crippen LogP contribution in [0.3, 0.4) is 0 Å². The molecular formula is C18H11ClF5N3O.